The maximum atomic E-state index is 9.85. The zero-order valence-corrected chi connectivity index (χ0v) is 8.80. The number of hydrogen-bond donors (Lipinski definition) is 1. The van der Waals surface area contributed by atoms with Crippen LogP contribution in [-0.2, 0) is 0 Å². The highest BCUT2D eigenvalue weighted by atomic mass is 16.3. The second-order valence-electron chi connectivity index (χ2n) is 5.30. The fraction of sp³-hybridized carbons (Fsp3) is 0.909. The van der Waals surface area contributed by atoms with E-state index in [0.717, 1.165) is 12.8 Å². The smallest absolute Gasteiger partial charge is 0.151 e. The highest BCUT2D eigenvalue weighted by Gasteiger charge is 2.38. The molecule has 0 bridgehead atoms. The Bertz CT molecular complexity index is 223. The summed E-state index contributed by atoms with van der Waals surface area (Å²) in [5.41, 5.74) is -0.832. The van der Waals surface area contributed by atoms with E-state index < -0.39 is 5.60 Å². The third kappa shape index (κ3) is 2.45. The summed E-state index contributed by atoms with van der Waals surface area (Å²) in [6, 6.07) is 2.04. The molecule has 74 valence electrons. The minimum absolute atomic E-state index is 0.214. The third-order valence-electron chi connectivity index (χ3n) is 3.16. The van der Waals surface area contributed by atoms with Gasteiger partial charge in [-0.25, -0.2) is 0 Å². The van der Waals surface area contributed by atoms with Gasteiger partial charge in [-0.05, 0) is 37.0 Å². The molecule has 0 aliphatic heterocycles. The Hall–Kier alpha value is -0.550. The molecule has 2 unspecified atom stereocenters. The summed E-state index contributed by atoms with van der Waals surface area (Å²) in [5, 5.41) is 18.7. The molecule has 0 aromatic heterocycles. The predicted molar refractivity (Wildman–Crippen MR) is 52.0 cm³/mol. The van der Waals surface area contributed by atoms with Crippen LogP contribution in [0.5, 0.6) is 0 Å². The van der Waals surface area contributed by atoms with Gasteiger partial charge in [0.1, 0.15) is 0 Å². The van der Waals surface area contributed by atoms with Crippen molar-refractivity contribution in [2.75, 3.05) is 0 Å². The zero-order chi connectivity index (χ0) is 10.1. The van der Waals surface area contributed by atoms with E-state index in [1.807, 2.05) is 6.07 Å². The molecular weight excluding hydrogens is 162 g/mol. The van der Waals surface area contributed by atoms with Crippen LogP contribution in [0.25, 0.3) is 0 Å². The van der Waals surface area contributed by atoms with Gasteiger partial charge in [-0.15, -0.1) is 0 Å². The average Bonchev–Trinajstić information content (AvgIpc) is 2.03. The monoisotopic (exact) mass is 181 g/mol. The van der Waals surface area contributed by atoms with E-state index >= 15 is 0 Å². The molecule has 0 aromatic rings. The summed E-state index contributed by atoms with van der Waals surface area (Å²) in [7, 11) is 0. The minimum Gasteiger partial charge on any atom is -0.375 e. The largest absolute Gasteiger partial charge is 0.375 e. The summed E-state index contributed by atoms with van der Waals surface area (Å²) in [6.45, 7) is 6.54. The van der Waals surface area contributed by atoms with E-state index in [1.54, 1.807) is 0 Å². The molecule has 0 spiro atoms. The van der Waals surface area contributed by atoms with Crippen LogP contribution in [0.4, 0.5) is 0 Å². The minimum atomic E-state index is -1.05. The van der Waals surface area contributed by atoms with Gasteiger partial charge in [0.25, 0.3) is 0 Å². The Morgan fingerprint density at radius 3 is 2.54 bits per heavy atom. The van der Waals surface area contributed by atoms with Crippen LogP contribution in [0, 0.1) is 22.7 Å². The molecule has 0 heterocycles. The van der Waals surface area contributed by atoms with Crippen molar-refractivity contribution in [1.29, 1.82) is 5.26 Å². The lowest BCUT2D eigenvalue weighted by Gasteiger charge is -2.39. The van der Waals surface area contributed by atoms with E-state index in [-0.39, 0.29) is 5.41 Å². The molecule has 13 heavy (non-hydrogen) atoms. The van der Waals surface area contributed by atoms with E-state index in [2.05, 4.69) is 20.8 Å². The second kappa shape index (κ2) is 3.31. The first-order valence-electron chi connectivity index (χ1n) is 5.01. The molecule has 1 fully saturated rings. The van der Waals surface area contributed by atoms with Gasteiger partial charge in [0.15, 0.2) is 5.60 Å². The van der Waals surface area contributed by atoms with Gasteiger partial charge in [0.2, 0.25) is 0 Å². The van der Waals surface area contributed by atoms with Crippen molar-refractivity contribution in [3.05, 3.63) is 0 Å². The molecule has 1 aliphatic carbocycles. The van der Waals surface area contributed by atoms with Crippen LogP contribution in [0.3, 0.4) is 0 Å². The van der Waals surface area contributed by atoms with Crippen molar-refractivity contribution >= 4 is 0 Å². The Morgan fingerprint density at radius 2 is 2.08 bits per heavy atom. The molecule has 1 N–H and O–H groups in total. The highest BCUT2D eigenvalue weighted by Crippen LogP contribution is 2.41. The summed E-state index contributed by atoms with van der Waals surface area (Å²) in [5.74, 6) is 0.478. The van der Waals surface area contributed by atoms with Crippen molar-refractivity contribution in [1.82, 2.24) is 0 Å². The zero-order valence-electron chi connectivity index (χ0n) is 8.80. The fourth-order valence-electron chi connectivity index (χ4n) is 2.09. The number of aliphatic hydroxyl groups is 1. The van der Waals surface area contributed by atoms with Gasteiger partial charge >= 0.3 is 0 Å². The van der Waals surface area contributed by atoms with Gasteiger partial charge in [-0.1, -0.05) is 20.8 Å². The summed E-state index contributed by atoms with van der Waals surface area (Å²) in [6.07, 6.45) is 3.42. The van der Waals surface area contributed by atoms with Gasteiger partial charge in [0.05, 0.1) is 6.07 Å². The van der Waals surface area contributed by atoms with Crippen molar-refractivity contribution in [2.45, 2.75) is 52.1 Å². The fourth-order valence-corrected chi connectivity index (χ4v) is 2.09. The van der Waals surface area contributed by atoms with E-state index in [4.69, 9.17) is 5.26 Å². The summed E-state index contributed by atoms with van der Waals surface area (Å²) < 4.78 is 0. The quantitative estimate of drug-likeness (QED) is 0.583. The Labute approximate surface area is 80.6 Å². The van der Waals surface area contributed by atoms with Crippen molar-refractivity contribution in [3.63, 3.8) is 0 Å². The van der Waals surface area contributed by atoms with Crippen molar-refractivity contribution < 1.29 is 5.11 Å². The maximum Gasteiger partial charge on any atom is 0.151 e. The van der Waals surface area contributed by atoms with Gasteiger partial charge in [0, 0.05) is 0 Å². The van der Waals surface area contributed by atoms with Gasteiger partial charge < -0.3 is 5.11 Å². The van der Waals surface area contributed by atoms with Crippen LogP contribution >= 0.6 is 0 Å². The molecule has 0 radical (unpaired) electrons. The lowest BCUT2D eigenvalue weighted by atomic mass is 9.68. The van der Waals surface area contributed by atoms with Gasteiger partial charge in [-0.2, -0.15) is 5.26 Å². The lowest BCUT2D eigenvalue weighted by Crippen LogP contribution is -2.38. The molecule has 1 rings (SSSR count). The number of nitriles is 1. The second-order valence-corrected chi connectivity index (χ2v) is 5.30. The first kappa shape index (κ1) is 10.5. The van der Waals surface area contributed by atoms with Crippen LogP contribution in [0.2, 0.25) is 0 Å². The van der Waals surface area contributed by atoms with Crippen molar-refractivity contribution in [3.8, 4) is 6.07 Å². The van der Waals surface area contributed by atoms with E-state index in [9.17, 15) is 5.11 Å². The van der Waals surface area contributed by atoms with Crippen LogP contribution in [0.1, 0.15) is 46.5 Å². The predicted octanol–water partition coefficient (Wildman–Crippen LogP) is 2.48. The van der Waals surface area contributed by atoms with Crippen LogP contribution in [-0.4, -0.2) is 10.7 Å². The Kier molecular flexibility index (Phi) is 2.68. The Morgan fingerprint density at radius 1 is 1.46 bits per heavy atom. The Balaban J connectivity index is 2.69. The summed E-state index contributed by atoms with van der Waals surface area (Å²) >= 11 is 0. The SMILES string of the molecule is CC(C)(C)C1CCCC(O)(C#N)C1. The molecule has 2 heteroatoms. The highest BCUT2D eigenvalue weighted by molar-refractivity contribution is 5.04. The normalized spacial score (nSPS) is 35.5. The first-order valence-corrected chi connectivity index (χ1v) is 5.01. The standard InChI is InChI=1S/C11H19NO/c1-10(2,3)9-5-4-6-11(13,7-9)8-12/h9,13H,4-7H2,1-3H3. The number of rotatable bonds is 0. The summed E-state index contributed by atoms with van der Waals surface area (Å²) in [4.78, 5) is 0. The van der Waals surface area contributed by atoms with Crippen LogP contribution in [0.15, 0.2) is 0 Å². The topological polar surface area (TPSA) is 44.0 Å². The van der Waals surface area contributed by atoms with Gasteiger partial charge in [-0.3, -0.25) is 0 Å². The molecule has 0 aromatic carbocycles. The third-order valence-corrected chi connectivity index (χ3v) is 3.16. The lowest BCUT2D eigenvalue weighted by molar-refractivity contribution is 0.00568. The van der Waals surface area contributed by atoms with E-state index in [0.29, 0.717) is 18.8 Å². The molecule has 0 saturated heterocycles. The molecule has 0 amide bonds. The molecule has 1 saturated carbocycles. The average molecular weight is 181 g/mol. The molecular formula is C11H19NO. The molecule has 1 aliphatic rings. The molecule has 2 atom stereocenters. The molecule has 2 nitrogen and oxygen atoms in total. The first-order chi connectivity index (χ1) is 5.87. The maximum absolute atomic E-state index is 9.85. The number of nitrogens with zero attached hydrogens (tertiary/aromatic N) is 1. The van der Waals surface area contributed by atoms with Crippen molar-refractivity contribution in [2.24, 2.45) is 11.3 Å². The van der Waals surface area contributed by atoms with Crippen LogP contribution < -0.4 is 0 Å². The number of hydrogen-bond acceptors (Lipinski definition) is 2. The van der Waals surface area contributed by atoms with E-state index in [1.165, 1.54) is 0 Å².